The lowest BCUT2D eigenvalue weighted by Gasteiger charge is -2.23. The average Bonchev–Trinajstić information content (AvgIpc) is 3.07. The highest BCUT2D eigenvalue weighted by Crippen LogP contribution is 2.38. The number of nitrogens with one attached hydrogen (secondary N) is 1. The van der Waals surface area contributed by atoms with Crippen molar-refractivity contribution >= 4 is 34.3 Å². The molecule has 1 amide bonds. The van der Waals surface area contributed by atoms with E-state index in [2.05, 4.69) is 15.3 Å². The topological polar surface area (TPSA) is 120 Å². The van der Waals surface area contributed by atoms with Crippen LogP contribution in [0.25, 0.3) is 22.2 Å². The van der Waals surface area contributed by atoms with Crippen LogP contribution in [0.15, 0.2) is 54.9 Å². The van der Waals surface area contributed by atoms with E-state index in [0.717, 1.165) is 45.5 Å². The first kappa shape index (κ1) is 36.8. The number of carbonyl (C=O) groups excluding carboxylic acids is 3. The fraction of sp³-hybridized carbons (Fsp3) is 0.353. The number of halogens is 6. The minimum absolute atomic E-state index is 0.238. The summed E-state index contributed by atoms with van der Waals surface area (Å²) < 4.78 is 78.3. The predicted octanol–water partition coefficient (Wildman–Crippen LogP) is 7.64. The number of Topliss-reactive ketones (excluding diaryl/α,β-unsaturated/α-hetero) is 2. The summed E-state index contributed by atoms with van der Waals surface area (Å²) in [7, 11) is 3.31. The van der Waals surface area contributed by atoms with Crippen molar-refractivity contribution in [1.29, 1.82) is 0 Å². The van der Waals surface area contributed by atoms with Gasteiger partial charge in [0.1, 0.15) is 11.5 Å². The van der Waals surface area contributed by atoms with Gasteiger partial charge in [0, 0.05) is 23.3 Å². The maximum Gasteiger partial charge on any atom is 0.458 e. The second kappa shape index (κ2) is 15.4. The van der Waals surface area contributed by atoms with E-state index in [4.69, 9.17) is 14.5 Å². The maximum atomic E-state index is 13.1. The van der Waals surface area contributed by atoms with Crippen LogP contribution in [0.5, 0.6) is 11.5 Å². The van der Waals surface area contributed by atoms with Crippen molar-refractivity contribution in [3.8, 4) is 22.8 Å². The SMILES string of the molecule is COc1cc(-c2nc(NC(=O)c3cnc4ccccc4c3)ncc2CC2CCCCC2)c(OC)cc1C.O=C(C(=O)C(F)(F)F)C(F)(F)F. The van der Waals surface area contributed by atoms with Gasteiger partial charge in [-0.25, -0.2) is 9.97 Å². The quantitative estimate of drug-likeness (QED) is 0.148. The molecule has 0 unspecified atom stereocenters. The summed E-state index contributed by atoms with van der Waals surface area (Å²) in [5, 5.41) is 3.77. The number of benzene rings is 2. The van der Waals surface area contributed by atoms with Gasteiger partial charge in [-0.05, 0) is 54.7 Å². The van der Waals surface area contributed by atoms with E-state index < -0.39 is 23.9 Å². The first-order valence-corrected chi connectivity index (χ1v) is 15.1. The van der Waals surface area contributed by atoms with Crippen LogP contribution in [0.1, 0.15) is 53.6 Å². The molecule has 49 heavy (non-hydrogen) atoms. The molecule has 0 spiro atoms. The number of aromatic nitrogens is 3. The first-order valence-electron chi connectivity index (χ1n) is 15.1. The average molecular weight is 691 g/mol. The number of hydrogen-bond acceptors (Lipinski definition) is 8. The van der Waals surface area contributed by atoms with Crippen LogP contribution < -0.4 is 14.8 Å². The molecule has 1 aliphatic rings. The summed E-state index contributed by atoms with van der Waals surface area (Å²) in [5.74, 6) is -4.83. The normalized spacial score (nSPS) is 13.7. The lowest BCUT2D eigenvalue weighted by atomic mass is 9.84. The molecule has 9 nitrogen and oxygen atoms in total. The standard InChI is InChI=1S/C30H32N4O3.C4F6O2/c1-19-13-27(37-3)24(16-26(19)36-2)28-22(14-20-9-5-4-6-10-20)17-32-30(33-28)34-29(35)23-15-21-11-7-8-12-25(21)31-18-23;5-3(6,7)1(11)2(12)4(8,9)10/h7-8,11-13,15-18,20H,4-6,9-10,14H2,1-3H3,(H,32,33,34,35);. The van der Waals surface area contributed by atoms with Crippen molar-refractivity contribution < 1.29 is 50.2 Å². The predicted molar refractivity (Wildman–Crippen MR) is 167 cm³/mol. The Bertz CT molecular complexity index is 1810. The molecule has 2 aromatic heterocycles. The number of alkyl halides is 6. The molecule has 15 heteroatoms. The van der Waals surface area contributed by atoms with Crippen molar-refractivity contribution in [3.05, 3.63) is 71.5 Å². The molecular weight excluding hydrogens is 658 g/mol. The van der Waals surface area contributed by atoms with Gasteiger partial charge in [0.25, 0.3) is 5.91 Å². The number of methoxy groups -OCH3 is 2. The summed E-state index contributed by atoms with van der Waals surface area (Å²) in [6.07, 6.45) is -0.996. The second-order valence-electron chi connectivity index (χ2n) is 11.3. The summed E-state index contributed by atoms with van der Waals surface area (Å²) in [6.45, 7) is 1.98. The lowest BCUT2D eigenvalue weighted by molar-refractivity contribution is -0.193. The number of ketones is 2. The minimum atomic E-state index is -5.77. The highest BCUT2D eigenvalue weighted by molar-refractivity contribution is 6.41. The Balaban J connectivity index is 0.000000386. The Morgan fingerprint density at radius 1 is 0.837 bits per heavy atom. The van der Waals surface area contributed by atoms with Gasteiger partial charge in [-0.1, -0.05) is 50.3 Å². The van der Waals surface area contributed by atoms with E-state index in [1.54, 1.807) is 20.4 Å². The molecule has 0 bridgehead atoms. The number of para-hydroxylation sites is 1. The van der Waals surface area contributed by atoms with Crippen LogP contribution in [0.4, 0.5) is 32.3 Å². The first-order chi connectivity index (χ1) is 23.1. The Labute approximate surface area is 277 Å². The van der Waals surface area contributed by atoms with E-state index in [9.17, 15) is 40.7 Å². The lowest BCUT2D eigenvalue weighted by Crippen LogP contribution is -2.39. The molecule has 4 aromatic rings. The number of ether oxygens (including phenoxy) is 2. The number of anilines is 1. The van der Waals surface area contributed by atoms with E-state index in [0.29, 0.717) is 17.2 Å². The molecule has 2 aromatic carbocycles. The number of aryl methyl sites for hydroxylation is 1. The van der Waals surface area contributed by atoms with Crippen LogP contribution in [0.3, 0.4) is 0 Å². The number of pyridine rings is 1. The van der Waals surface area contributed by atoms with Gasteiger partial charge in [0.05, 0.1) is 31.0 Å². The third-order valence-corrected chi connectivity index (χ3v) is 7.87. The second-order valence-corrected chi connectivity index (χ2v) is 11.3. The molecule has 260 valence electrons. The number of carbonyl (C=O) groups is 3. The highest BCUT2D eigenvalue weighted by Gasteiger charge is 2.54. The molecule has 0 radical (unpaired) electrons. The van der Waals surface area contributed by atoms with E-state index in [1.807, 2.05) is 55.6 Å². The number of fused-ring (bicyclic) bond motifs is 1. The van der Waals surface area contributed by atoms with Crippen LogP contribution in [0, 0.1) is 12.8 Å². The third kappa shape index (κ3) is 9.30. The summed E-state index contributed by atoms with van der Waals surface area (Å²) in [6, 6.07) is 13.4. The van der Waals surface area contributed by atoms with Gasteiger partial charge in [-0.2, -0.15) is 26.3 Å². The van der Waals surface area contributed by atoms with Gasteiger partial charge in [0.15, 0.2) is 0 Å². The molecular formula is C34H32F6N4O5. The van der Waals surface area contributed by atoms with Gasteiger partial charge >= 0.3 is 23.9 Å². The molecule has 1 fully saturated rings. The molecule has 1 aliphatic carbocycles. The van der Waals surface area contributed by atoms with Crippen molar-refractivity contribution in [3.63, 3.8) is 0 Å². The van der Waals surface area contributed by atoms with Gasteiger partial charge in [-0.3, -0.25) is 24.7 Å². The highest BCUT2D eigenvalue weighted by atomic mass is 19.4. The molecule has 0 atom stereocenters. The van der Waals surface area contributed by atoms with Crippen molar-refractivity contribution in [2.75, 3.05) is 19.5 Å². The zero-order valence-corrected chi connectivity index (χ0v) is 26.7. The number of nitrogens with zero attached hydrogens (tertiary/aromatic N) is 3. The monoisotopic (exact) mass is 690 g/mol. The third-order valence-electron chi connectivity index (χ3n) is 7.87. The Morgan fingerprint density at radius 3 is 2.08 bits per heavy atom. The smallest absolute Gasteiger partial charge is 0.458 e. The van der Waals surface area contributed by atoms with Crippen LogP contribution in [-0.4, -0.2) is 59.0 Å². The molecule has 2 heterocycles. The van der Waals surface area contributed by atoms with Crippen LogP contribution >= 0.6 is 0 Å². The van der Waals surface area contributed by atoms with Crippen LogP contribution in [0.2, 0.25) is 0 Å². The van der Waals surface area contributed by atoms with Crippen molar-refractivity contribution in [2.45, 2.75) is 57.8 Å². The number of hydrogen-bond donors (Lipinski definition) is 1. The minimum Gasteiger partial charge on any atom is -0.496 e. The molecule has 0 aliphatic heterocycles. The summed E-state index contributed by atoms with van der Waals surface area (Å²) >= 11 is 0. The summed E-state index contributed by atoms with van der Waals surface area (Å²) in [4.78, 5) is 46.1. The van der Waals surface area contributed by atoms with E-state index in [-0.39, 0.29) is 11.9 Å². The molecule has 1 N–H and O–H groups in total. The Morgan fingerprint density at radius 2 is 1.47 bits per heavy atom. The summed E-state index contributed by atoms with van der Waals surface area (Å²) in [5.41, 5.74) is 4.88. The van der Waals surface area contributed by atoms with Crippen molar-refractivity contribution in [1.82, 2.24) is 15.0 Å². The molecule has 1 saturated carbocycles. The fourth-order valence-corrected chi connectivity index (χ4v) is 5.41. The number of rotatable bonds is 8. The van der Waals surface area contributed by atoms with E-state index >= 15 is 0 Å². The van der Waals surface area contributed by atoms with Gasteiger partial charge in [-0.15, -0.1) is 0 Å². The molecule has 0 saturated heterocycles. The molecule has 5 rings (SSSR count). The largest absolute Gasteiger partial charge is 0.496 e. The van der Waals surface area contributed by atoms with Gasteiger partial charge < -0.3 is 9.47 Å². The Hall–Kier alpha value is -5.08. The zero-order chi connectivity index (χ0) is 35.9. The Kier molecular flexibility index (Phi) is 11.6. The maximum absolute atomic E-state index is 13.1. The van der Waals surface area contributed by atoms with Crippen molar-refractivity contribution in [2.24, 2.45) is 5.92 Å². The van der Waals surface area contributed by atoms with Gasteiger partial charge in [0.2, 0.25) is 5.95 Å². The van der Waals surface area contributed by atoms with E-state index in [1.165, 1.54) is 32.1 Å². The number of amides is 1. The van der Waals surface area contributed by atoms with Crippen LogP contribution in [-0.2, 0) is 16.0 Å². The zero-order valence-electron chi connectivity index (χ0n) is 26.7. The fourth-order valence-electron chi connectivity index (χ4n) is 5.41.